The molecule has 0 bridgehead atoms. The Hall–Kier alpha value is -2.11. The van der Waals surface area contributed by atoms with Crippen molar-refractivity contribution in [1.29, 1.82) is 0 Å². The van der Waals surface area contributed by atoms with E-state index >= 15 is 0 Å². The van der Waals surface area contributed by atoms with Crippen LogP contribution in [0.2, 0.25) is 0 Å². The molecule has 0 aromatic heterocycles. The van der Waals surface area contributed by atoms with Crippen LogP contribution < -0.4 is 11.1 Å². The fourth-order valence-corrected chi connectivity index (χ4v) is 1.42. The number of nitrogens with one attached hydrogen (secondary N) is 1. The van der Waals surface area contributed by atoms with E-state index in [1.165, 1.54) is 6.07 Å². The Bertz CT molecular complexity index is 449. The molecule has 1 rings (SSSR count). The van der Waals surface area contributed by atoms with Crippen molar-refractivity contribution in [3.05, 3.63) is 29.6 Å². The SMILES string of the molecule is NC(=O)CCCCNC(=O)c1ccc(F)cc1O. The highest BCUT2D eigenvalue weighted by Crippen LogP contribution is 2.17. The largest absolute Gasteiger partial charge is 0.507 e. The van der Waals surface area contributed by atoms with Gasteiger partial charge >= 0.3 is 0 Å². The van der Waals surface area contributed by atoms with Crippen LogP contribution in [0, 0.1) is 5.82 Å². The van der Waals surface area contributed by atoms with Crippen molar-refractivity contribution >= 4 is 11.8 Å². The average Bonchev–Trinajstić information content (AvgIpc) is 2.27. The second kappa shape index (κ2) is 6.58. The molecule has 0 spiro atoms. The lowest BCUT2D eigenvalue weighted by Crippen LogP contribution is -2.24. The molecule has 0 aliphatic rings. The molecule has 5 nitrogen and oxygen atoms in total. The molecule has 0 fully saturated rings. The summed E-state index contributed by atoms with van der Waals surface area (Å²) in [6, 6.07) is 3.19. The summed E-state index contributed by atoms with van der Waals surface area (Å²) in [5.74, 6) is -1.86. The lowest BCUT2D eigenvalue weighted by atomic mass is 10.1. The lowest BCUT2D eigenvalue weighted by molar-refractivity contribution is -0.118. The number of benzene rings is 1. The van der Waals surface area contributed by atoms with E-state index in [0.29, 0.717) is 19.4 Å². The van der Waals surface area contributed by atoms with Gasteiger partial charge in [0, 0.05) is 19.0 Å². The first kappa shape index (κ1) is 14.0. The highest BCUT2D eigenvalue weighted by Gasteiger charge is 2.10. The third-order valence-electron chi connectivity index (χ3n) is 2.34. The van der Waals surface area contributed by atoms with Gasteiger partial charge in [-0.1, -0.05) is 0 Å². The molecule has 4 N–H and O–H groups in total. The molecular formula is C12H15FN2O3. The predicted molar refractivity (Wildman–Crippen MR) is 63.4 cm³/mol. The first-order valence-corrected chi connectivity index (χ1v) is 5.55. The van der Waals surface area contributed by atoms with Gasteiger partial charge in [0.2, 0.25) is 5.91 Å². The lowest BCUT2D eigenvalue weighted by Gasteiger charge is -2.06. The van der Waals surface area contributed by atoms with E-state index < -0.39 is 17.5 Å². The Balaban J connectivity index is 2.39. The summed E-state index contributed by atoms with van der Waals surface area (Å²) >= 11 is 0. The Morgan fingerprint density at radius 3 is 2.67 bits per heavy atom. The molecule has 1 aromatic rings. The van der Waals surface area contributed by atoms with E-state index in [-0.39, 0.29) is 17.9 Å². The number of rotatable bonds is 6. The van der Waals surface area contributed by atoms with E-state index in [0.717, 1.165) is 12.1 Å². The van der Waals surface area contributed by atoms with Gasteiger partial charge in [-0.25, -0.2) is 4.39 Å². The number of aromatic hydroxyl groups is 1. The maximum Gasteiger partial charge on any atom is 0.255 e. The Morgan fingerprint density at radius 1 is 1.33 bits per heavy atom. The number of halogens is 1. The second-order valence-electron chi connectivity index (χ2n) is 3.84. The van der Waals surface area contributed by atoms with Crippen molar-refractivity contribution in [3.63, 3.8) is 0 Å². The summed E-state index contributed by atoms with van der Waals surface area (Å²) < 4.78 is 12.7. The maximum absolute atomic E-state index is 12.7. The summed E-state index contributed by atoms with van der Waals surface area (Å²) in [4.78, 5) is 22.0. The van der Waals surface area contributed by atoms with Crippen molar-refractivity contribution in [2.45, 2.75) is 19.3 Å². The summed E-state index contributed by atoms with van der Waals surface area (Å²) in [5, 5.41) is 11.9. The Morgan fingerprint density at radius 2 is 2.06 bits per heavy atom. The number of phenolic OH excluding ortho intramolecular Hbond substituents is 1. The van der Waals surface area contributed by atoms with E-state index in [1.54, 1.807) is 0 Å². The van der Waals surface area contributed by atoms with Crippen LogP contribution in [0.25, 0.3) is 0 Å². The summed E-state index contributed by atoms with van der Waals surface area (Å²) in [7, 11) is 0. The third kappa shape index (κ3) is 4.40. The number of primary amides is 1. The number of phenols is 1. The number of nitrogens with two attached hydrogens (primary N) is 1. The fraction of sp³-hybridized carbons (Fsp3) is 0.333. The average molecular weight is 254 g/mol. The molecule has 0 unspecified atom stereocenters. The number of unbranched alkanes of at least 4 members (excludes halogenated alkanes) is 1. The molecule has 0 heterocycles. The van der Waals surface area contributed by atoms with E-state index in [4.69, 9.17) is 5.73 Å². The first-order chi connectivity index (χ1) is 8.50. The fourth-order valence-electron chi connectivity index (χ4n) is 1.42. The number of hydrogen-bond acceptors (Lipinski definition) is 3. The zero-order valence-electron chi connectivity index (χ0n) is 9.78. The van der Waals surface area contributed by atoms with Crippen molar-refractivity contribution < 1.29 is 19.1 Å². The molecule has 6 heteroatoms. The minimum absolute atomic E-state index is 0.0197. The summed E-state index contributed by atoms with van der Waals surface area (Å²) in [5.41, 5.74) is 4.98. The van der Waals surface area contributed by atoms with Gasteiger partial charge in [0.25, 0.3) is 5.91 Å². The maximum atomic E-state index is 12.7. The number of amides is 2. The van der Waals surface area contributed by atoms with E-state index in [9.17, 15) is 19.1 Å². The van der Waals surface area contributed by atoms with Crippen LogP contribution in [0.3, 0.4) is 0 Å². The quantitative estimate of drug-likeness (QED) is 0.659. The van der Waals surface area contributed by atoms with Gasteiger partial charge in [-0.3, -0.25) is 9.59 Å². The van der Waals surface area contributed by atoms with E-state index in [2.05, 4.69) is 5.32 Å². The Kier molecular flexibility index (Phi) is 5.10. The highest BCUT2D eigenvalue weighted by molar-refractivity contribution is 5.96. The van der Waals surface area contributed by atoms with Crippen LogP contribution in [0.15, 0.2) is 18.2 Å². The minimum atomic E-state index is -0.606. The van der Waals surface area contributed by atoms with Gasteiger partial charge in [-0.15, -0.1) is 0 Å². The van der Waals surface area contributed by atoms with E-state index in [1.807, 2.05) is 0 Å². The van der Waals surface area contributed by atoms with Crippen molar-refractivity contribution in [1.82, 2.24) is 5.32 Å². The third-order valence-corrected chi connectivity index (χ3v) is 2.34. The molecule has 1 aromatic carbocycles. The zero-order chi connectivity index (χ0) is 13.5. The molecule has 0 aliphatic carbocycles. The normalized spacial score (nSPS) is 10.1. The van der Waals surface area contributed by atoms with Crippen LogP contribution in [-0.2, 0) is 4.79 Å². The molecule has 0 aliphatic heterocycles. The zero-order valence-corrected chi connectivity index (χ0v) is 9.78. The molecule has 0 saturated carbocycles. The summed E-state index contributed by atoms with van der Waals surface area (Å²) in [6.45, 7) is 0.364. The van der Waals surface area contributed by atoms with Gasteiger partial charge in [-0.2, -0.15) is 0 Å². The van der Waals surface area contributed by atoms with Crippen molar-refractivity contribution in [3.8, 4) is 5.75 Å². The van der Waals surface area contributed by atoms with Crippen LogP contribution in [0.1, 0.15) is 29.6 Å². The van der Waals surface area contributed by atoms with Crippen LogP contribution in [-0.4, -0.2) is 23.5 Å². The second-order valence-corrected chi connectivity index (χ2v) is 3.84. The van der Waals surface area contributed by atoms with Crippen LogP contribution in [0.4, 0.5) is 4.39 Å². The van der Waals surface area contributed by atoms with Crippen LogP contribution in [0.5, 0.6) is 5.75 Å². The number of carbonyl (C=O) groups is 2. The molecule has 2 amide bonds. The predicted octanol–water partition coefficient (Wildman–Crippen LogP) is 0.917. The molecular weight excluding hydrogens is 239 g/mol. The molecule has 0 radical (unpaired) electrons. The summed E-state index contributed by atoms with van der Waals surface area (Å²) in [6.07, 6.45) is 1.47. The number of hydrogen-bond donors (Lipinski definition) is 3. The molecule has 18 heavy (non-hydrogen) atoms. The van der Waals surface area contributed by atoms with Crippen LogP contribution >= 0.6 is 0 Å². The van der Waals surface area contributed by atoms with Gasteiger partial charge in [0.05, 0.1) is 5.56 Å². The van der Waals surface area contributed by atoms with Gasteiger partial charge in [0.15, 0.2) is 0 Å². The molecule has 0 atom stereocenters. The minimum Gasteiger partial charge on any atom is -0.507 e. The molecule has 0 saturated heterocycles. The Labute approximate surface area is 104 Å². The van der Waals surface area contributed by atoms with Gasteiger partial charge in [-0.05, 0) is 25.0 Å². The van der Waals surface area contributed by atoms with Gasteiger partial charge < -0.3 is 16.2 Å². The van der Waals surface area contributed by atoms with Crippen molar-refractivity contribution in [2.24, 2.45) is 5.73 Å². The topological polar surface area (TPSA) is 92.4 Å². The highest BCUT2D eigenvalue weighted by atomic mass is 19.1. The van der Waals surface area contributed by atoms with Gasteiger partial charge in [0.1, 0.15) is 11.6 Å². The standard InChI is InChI=1S/C12H15FN2O3/c13-8-4-5-9(10(16)7-8)12(18)15-6-2-1-3-11(14)17/h4-5,7,16H,1-3,6H2,(H2,14,17)(H,15,18). The smallest absolute Gasteiger partial charge is 0.255 e. The molecule has 98 valence electrons. The number of carbonyl (C=O) groups excluding carboxylic acids is 2. The van der Waals surface area contributed by atoms with Crippen molar-refractivity contribution in [2.75, 3.05) is 6.54 Å². The monoisotopic (exact) mass is 254 g/mol. The first-order valence-electron chi connectivity index (χ1n) is 5.55.